The van der Waals surface area contributed by atoms with Gasteiger partial charge in [0.05, 0.1) is 6.10 Å². The fraction of sp³-hybridized carbons (Fsp3) is 0.818. The molecule has 2 heteroatoms. The molecule has 0 saturated heterocycles. The molecule has 0 bridgehead atoms. The van der Waals surface area contributed by atoms with E-state index in [1.807, 2.05) is 0 Å². The van der Waals surface area contributed by atoms with Crippen LogP contribution in [-0.4, -0.2) is 18.5 Å². The number of allylic oxidation sites excluding steroid dienone is 1. The van der Waals surface area contributed by atoms with E-state index in [-0.39, 0.29) is 0 Å². The smallest absolute Gasteiger partial charge is 0.0654 e. The third-order valence-electron chi connectivity index (χ3n) is 2.21. The Labute approximate surface area is 90.7 Å². The highest BCUT2D eigenvalue weighted by Crippen LogP contribution is 2.18. The average molecular weight is 249 g/mol. The summed E-state index contributed by atoms with van der Waals surface area (Å²) in [7, 11) is 1.79. The molecule has 0 radical (unpaired) electrons. The second kappa shape index (κ2) is 6.61. The number of alkyl halides is 1. The lowest BCUT2D eigenvalue weighted by atomic mass is 9.93. The third kappa shape index (κ3) is 4.82. The van der Waals surface area contributed by atoms with Gasteiger partial charge in [0.2, 0.25) is 0 Å². The van der Waals surface area contributed by atoms with E-state index in [4.69, 9.17) is 4.74 Å². The van der Waals surface area contributed by atoms with Gasteiger partial charge < -0.3 is 4.74 Å². The summed E-state index contributed by atoms with van der Waals surface area (Å²) in [4.78, 5) is 0. The molecular formula is C11H21BrO. The SMILES string of the molecule is CO[C@H](C(C)C)[C@@H](C)/C=C(\C)CBr. The van der Waals surface area contributed by atoms with Crippen LogP contribution in [0.3, 0.4) is 0 Å². The van der Waals surface area contributed by atoms with Crippen LogP contribution in [0.2, 0.25) is 0 Å². The highest BCUT2D eigenvalue weighted by Gasteiger charge is 2.18. The topological polar surface area (TPSA) is 9.23 Å². The van der Waals surface area contributed by atoms with Gasteiger partial charge in [0, 0.05) is 18.4 Å². The fourth-order valence-electron chi connectivity index (χ4n) is 1.68. The molecule has 0 heterocycles. The Balaban J connectivity index is 4.29. The molecule has 1 nitrogen and oxygen atoms in total. The summed E-state index contributed by atoms with van der Waals surface area (Å²) in [5.74, 6) is 1.06. The number of rotatable bonds is 5. The van der Waals surface area contributed by atoms with Gasteiger partial charge in [0.15, 0.2) is 0 Å². The first-order valence-electron chi connectivity index (χ1n) is 4.79. The Morgan fingerprint density at radius 2 is 1.92 bits per heavy atom. The summed E-state index contributed by atoms with van der Waals surface area (Å²) in [6.45, 7) is 8.74. The molecule has 0 aromatic carbocycles. The number of ether oxygens (including phenoxy) is 1. The number of methoxy groups -OCH3 is 1. The van der Waals surface area contributed by atoms with Crippen LogP contribution in [-0.2, 0) is 4.74 Å². The quantitative estimate of drug-likeness (QED) is 0.534. The van der Waals surface area contributed by atoms with Crippen LogP contribution in [0.1, 0.15) is 27.7 Å². The van der Waals surface area contributed by atoms with Crippen LogP contribution in [0.4, 0.5) is 0 Å². The predicted octanol–water partition coefficient (Wildman–Crippen LogP) is 3.63. The van der Waals surface area contributed by atoms with Crippen molar-refractivity contribution in [3.63, 3.8) is 0 Å². The summed E-state index contributed by atoms with van der Waals surface area (Å²) in [6, 6.07) is 0. The molecule has 0 aliphatic heterocycles. The van der Waals surface area contributed by atoms with Crippen LogP contribution in [0.15, 0.2) is 11.6 Å². The lowest BCUT2D eigenvalue weighted by molar-refractivity contribution is 0.0377. The minimum Gasteiger partial charge on any atom is -0.381 e. The maximum Gasteiger partial charge on any atom is 0.0654 e. The van der Waals surface area contributed by atoms with Crippen molar-refractivity contribution in [3.8, 4) is 0 Å². The van der Waals surface area contributed by atoms with Gasteiger partial charge in [-0.2, -0.15) is 0 Å². The number of hydrogen-bond acceptors (Lipinski definition) is 1. The summed E-state index contributed by atoms with van der Waals surface area (Å²) in [6.07, 6.45) is 2.61. The number of halogens is 1. The first-order valence-corrected chi connectivity index (χ1v) is 5.91. The lowest BCUT2D eigenvalue weighted by Crippen LogP contribution is -2.25. The van der Waals surface area contributed by atoms with E-state index in [0.29, 0.717) is 17.9 Å². The Morgan fingerprint density at radius 1 is 1.38 bits per heavy atom. The van der Waals surface area contributed by atoms with Crippen molar-refractivity contribution in [2.24, 2.45) is 11.8 Å². The number of hydrogen-bond donors (Lipinski definition) is 0. The molecule has 0 fully saturated rings. The zero-order valence-electron chi connectivity index (χ0n) is 9.30. The van der Waals surface area contributed by atoms with E-state index < -0.39 is 0 Å². The van der Waals surface area contributed by atoms with Crippen LogP contribution in [0.25, 0.3) is 0 Å². The van der Waals surface area contributed by atoms with Crippen LogP contribution in [0.5, 0.6) is 0 Å². The van der Waals surface area contributed by atoms with Gasteiger partial charge in [-0.05, 0) is 12.8 Å². The van der Waals surface area contributed by atoms with Crippen molar-refractivity contribution in [2.45, 2.75) is 33.8 Å². The zero-order chi connectivity index (χ0) is 10.4. The van der Waals surface area contributed by atoms with Crippen molar-refractivity contribution in [1.82, 2.24) is 0 Å². The van der Waals surface area contributed by atoms with Crippen molar-refractivity contribution in [1.29, 1.82) is 0 Å². The second-order valence-corrected chi connectivity index (χ2v) is 4.51. The maximum atomic E-state index is 5.46. The summed E-state index contributed by atoms with van der Waals surface area (Å²) >= 11 is 3.44. The van der Waals surface area contributed by atoms with Crippen molar-refractivity contribution in [2.75, 3.05) is 12.4 Å². The summed E-state index contributed by atoms with van der Waals surface area (Å²) in [5.41, 5.74) is 1.37. The lowest BCUT2D eigenvalue weighted by Gasteiger charge is -2.24. The van der Waals surface area contributed by atoms with Crippen LogP contribution in [0, 0.1) is 11.8 Å². The molecule has 2 atom stereocenters. The Bertz CT molecular complexity index is 163. The third-order valence-corrected chi connectivity index (χ3v) is 3.09. The first kappa shape index (κ1) is 13.2. The summed E-state index contributed by atoms with van der Waals surface area (Å²) in [5, 5.41) is 0.950. The van der Waals surface area contributed by atoms with Crippen LogP contribution < -0.4 is 0 Å². The highest BCUT2D eigenvalue weighted by atomic mass is 79.9. The Kier molecular flexibility index (Phi) is 6.70. The minimum atomic E-state index is 0.328. The van der Waals surface area contributed by atoms with E-state index in [1.165, 1.54) is 5.57 Å². The second-order valence-electron chi connectivity index (χ2n) is 3.95. The summed E-state index contributed by atoms with van der Waals surface area (Å²) < 4.78 is 5.46. The minimum absolute atomic E-state index is 0.328. The molecule has 78 valence electrons. The van der Waals surface area contributed by atoms with Gasteiger partial charge in [-0.15, -0.1) is 0 Å². The van der Waals surface area contributed by atoms with Crippen molar-refractivity contribution >= 4 is 15.9 Å². The van der Waals surface area contributed by atoms with Gasteiger partial charge in [-0.3, -0.25) is 0 Å². The van der Waals surface area contributed by atoms with E-state index in [1.54, 1.807) is 7.11 Å². The Hall–Kier alpha value is 0.180. The normalized spacial score (nSPS) is 17.6. The first-order chi connectivity index (χ1) is 6.02. The molecule has 0 rings (SSSR count). The zero-order valence-corrected chi connectivity index (χ0v) is 10.9. The molecule has 0 N–H and O–H groups in total. The van der Waals surface area contributed by atoms with E-state index in [9.17, 15) is 0 Å². The maximum absolute atomic E-state index is 5.46. The van der Waals surface area contributed by atoms with Crippen LogP contribution >= 0.6 is 15.9 Å². The molecule has 0 aliphatic carbocycles. The monoisotopic (exact) mass is 248 g/mol. The molecule has 0 aliphatic rings. The van der Waals surface area contributed by atoms with E-state index >= 15 is 0 Å². The van der Waals surface area contributed by atoms with Gasteiger partial charge in [-0.1, -0.05) is 48.4 Å². The molecule has 0 aromatic heterocycles. The van der Waals surface area contributed by atoms with E-state index in [0.717, 1.165) is 5.33 Å². The predicted molar refractivity (Wildman–Crippen MR) is 62.4 cm³/mol. The highest BCUT2D eigenvalue weighted by molar-refractivity contribution is 9.09. The van der Waals surface area contributed by atoms with Gasteiger partial charge >= 0.3 is 0 Å². The molecule has 0 unspecified atom stereocenters. The van der Waals surface area contributed by atoms with Gasteiger partial charge in [-0.25, -0.2) is 0 Å². The Morgan fingerprint density at radius 3 is 2.23 bits per heavy atom. The standard InChI is InChI=1S/C11H21BrO/c1-8(2)11(13-5)10(4)6-9(3)7-12/h6,8,10-11H,7H2,1-5H3/b9-6+/t10-,11+/m0/s1. The van der Waals surface area contributed by atoms with E-state index in [2.05, 4.69) is 49.7 Å². The average Bonchev–Trinajstić information content (AvgIpc) is 2.04. The molecular weight excluding hydrogens is 228 g/mol. The molecule has 0 aromatic rings. The molecule has 13 heavy (non-hydrogen) atoms. The molecule has 0 spiro atoms. The van der Waals surface area contributed by atoms with Gasteiger partial charge in [0.25, 0.3) is 0 Å². The van der Waals surface area contributed by atoms with Gasteiger partial charge in [0.1, 0.15) is 0 Å². The largest absolute Gasteiger partial charge is 0.381 e. The molecule has 0 amide bonds. The molecule has 0 saturated carbocycles. The fourth-order valence-corrected chi connectivity index (χ4v) is 1.87. The van der Waals surface area contributed by atoms with Crippen molar-refractivity contribution < 1.29 is 4.74 Å². The van der Waals surface area contributed by atoms with Crippen molar-refractivity contribution in [3.05, 3.63) is 11.6 Å².